The Labute approximate surface area is 66.4 Å². The van der Waals surface area contributed by atoms with Gasteiger partial charge in [-0.3, -0.25) is 9.69 Å². The van der Waals surface area contributed by atoms with Crippen LogP contribution in [0.3, 0.4) is 0 Å². The molecular weight excluding hydrogens is 145 g/mol. The minimum absolute atomic E-state index is 0.169. The fourth-order valence-electron chi connectivity index (χ4n) is 1.37. The summed E-state index contributed by atoms with van der Waals surface area (Å²) in [6.07, 6.45) is 0.541. The molecule has 11 heavy (non-hydrogen) atoms. The SMILES string of the molecule is CC(=O)CN1CCC(F)CC1. The molecule has 0 spiro atoms. The van der Waals surface area contributed by atoms with Crippen LogP contribution in [0.15, 0.2) is 0 Å². The number of halogens is 1. The zero-order valence-electron chi connectivity index (χ0n) is 6.85. The molecule has 0 atom stereocenters. The van der Waals surface area contributed by atoms with E-state index in [0.717, 1.165) is 13.1 Å². The predicted octanol–water partition coefficient (Wildman–Crippen LogP) is 1.01. The van der Waals surface area contributed by atoms with Crippen LogP contribution in [0.2, 0.25) is 0 Å². The molecule has 1 rings (SSSR count). The molecule has 3 heteroatoms. The van der Waals surface area contributed by atoms with Crippen LogP contribution in [0.1, 0.15) is 19.8 Å². The van der Waals surface area contributed by atoms with Crippen molar-refractivity contribution in [3.63, 3.8) is 0 Å². The van der Waals surface area contributed by atoms with Crippen molar-refractivity contribution in [1.82, 2.24) is 4.90 Å². The van der Waals surface area contributed by atoms with Crippen molar-refractivity contribution in [2.24, 2.45) is 0 Å². The van der Waals surface area contributed by atoms with Crippen LogP contribution in [0.25, 0.3) is 0 Å². The molecule has 1 saturated heterocycles. The molecule has 1 aliphatic heterocycles. The topological polar surface area (TPSA) is 20.3 Å². The predicted molar refractivity (Wildman–Crippen MR) is 41.3 cm³/mol. The second-order valence-corrected chi connectivity index (χ2v) is 3.15. The van der Waals surface area contributed by atoms with Crippen molar-refractivity contribution < 1.29 is 9.18 Å². The van der Waals surface area contributed by atoms with Crippen molar-refractivity contribution in [2.75, 3.05) is 19.6 Å². The number of carbonyl (C=O) groups is 1. The number of piperidine rings is 1. The quantitative estimate of drug-likeness (QED) is 0.599. The highest BCUT2D eigenvalue weighted by Crippen LogP contribution is 2.12. The lowest BCUT2D eigenvalue weighted by molar-refractivity contribution is -0.118. The van der Waals surface area contributed by atoms with Crippen LogP contribution >= 0.6 is 0 Å². The van der Waals surface area contributed by atoms with Gasteiger partial charge in [0.15, 0.2) is 0 Å². The van der Waals surface area contributed by atoms with Crippen LogP contribution < -0.4 is 0 Å². The Kier molecular flexibility index (Phi) is 3.00. The molecule has 64 valence electrons. The van der Waals surface area contributed by atoms with E-state index in [1.807, 2.05) is 4.90 Å². The Bertz CT molecular complexity index is 141. The van der Waals surface area contributed by atoms with Crippen LogP contribution in [-0.2, 0) is 4.79 Å². The van der Waals surface area contributed by atoms with E-state index in [9.17, 15) is 9.18 Å². The van der Waals surface area contributed by atoms with Gasteiger partial charge in [-0.05, 0) is 19.8 Å². The van der Waals surface area contributed by atoms with Gasteiger partial charge in [0.25, 0.3) is 0 Å². The lowest BCUT2D eigenvalue weighted by Gasteiger charge is -2.27. The number of hydrogen-bond donors (Lipinski definition) is 0. The van der Waals surface area contributed by atoms with Gasteiger partial charge in [0.2, 0.25) is 0 Å². The van der Waals surface area contributed by atoms with Gasteiger partial charge in [-0.2, -0.15) is 0 Å². The van der Waals surface area contributed by atoms with Gasteiger partial charge < -0.3 is 0 Å². The summed E-state index contributed by atoms with van der Waals surface area (Å²) < 4.78 is 12.6. The van der Waals surface area contributed by atoms with E-state index < -0.39 is 6.17 Å². The summed E-state index contributed by atoms with van der Waals surface area (Å²) >= 11 is 0. The molecule has 0 N–H and O–H groups in total. The maximum Gasteiger partial charge on any atom is 0.143 e. The molecule has 1 heterocycles. The van der Waals surface area contributed by atoms with Crippen LogP contribution in [0, 0.1) is 0 Å². The number of carbonyl (C=O) groups excluding carboxylic acids is 1. The second-order valence-electron chi connectivity index (χ2n) is 3.15. The average Bonchev–Trinajstić information content (AvgIpc) is 1.93. The number of ketones is 1. The minimum Gasteiger partial charge on any atom is -0.299 e. The zero-order chi connectivity index (χ0) is 8.27. The fourth-order valence-corrected chi connectivity index (χ4v) is 1.37. The summed E-state index contributed by atoms with van der Waals surface area (Å²) in [6, 6.07) is 0. The first-order valence-electron chi connectivity index (χ1n) is 4.04. The van der Waals surface area contributed by atoms with Crippen molar-refractivity contribution in [1.29, 1.82) is 0 Å². The van der Waals surface area contributed by atoms with Gasteiger partial charge in [-0.1, -0.05) is 0 Å². The molecule has 0 amide bonds. The molecule has 1 fully saturated rings. The average molecular weight is 159 g/mol. The molecule has 0 saturated carbocycles. The maximum absolute atomic E-state index is 12.6. The van der Waals surface area contributed by atoms with Crippen molar-refractivity contribution in [3.8, 4) is 0 Å². The zero-order valence-corrected chi connectivity index (χ0v) is 6.85. The van der Waals surface area contributed by atoms with Crippen molar-refractivity contribution >= 4 is 5.78 Å². The number of alkyl halides is 1. The Morgan fingerprint density at radius 1 is 1.55 bits per heavy atom. The Morgan fingerprint density at radius 2 is 2.09 bits per heavy atom. The summed E-state index contributed by atoms with van der Waals surface area (Å²) in [7, 11) is 0. The van der Waals surface area contributed by atoms with Gasteiger partial charge in [-0.25, -0.2) is 4.39 Å². The maximum atomic E-state index is 12.6. The summed E-state index contributed by atoms with van der Waals surface area (Å²) in [5, 5.41) is 0. The monoisotopic (exact) mass is 159 g/mol. The van der Waals surface area contributed by atoms with E-state index in [2.05, 4.69) is 0 Å². The first-order chi connectivity index (χ1) is 5.18. The number of Topliss-reactive ketones (excluding diaryl/α,β-unsaturated/α-hetero) is 1. The number of hydrogen-bond acceptors (Lipinski definition) is 2. The van der Waals surface area contributed by atoms with Gasteiger partial charge in [0.05, 0.1) is 6.54 Å². The summed E-state index contributed by atoms with van der Waals surface area (Å²) in [5.41, 5.74) is 0. The minimum atomic E-state index is -0.641. The molecule has 0 aliphatic carbocycles. The highest BCUT2D eigenvalue weighted by Gasteiger charge is 2.18. The van der Waals surface area contributed by atoms with Crippen molar-refractivity contribution in [2.45, 2.75) is 25.9 Å². The van der Waals surface area contributed by atoms with Crippen LogP contribution in [0.5, 0.6) is 0 Å². The largest absolute Gasteiger partial charge is 0.299 e. The molecule has 0 unspecified atom stereocenters. The number of likely N-dealkylation sites (tertiary alicyclic amines) is 1. The first-order valence-corrected chi connectivity index (χ1v) is 4.04. The third-order valence-electron chi connectivity index (χ3n) is 1.96. The highest BCUT2D eigenvalue weighted by atomic mass is 19.1. The van der Waals surface area contributed by atoms with E-state index in [1.165, 1.54) is 0 Å². The third kappa shape index (κ3) is 2.97. The molecule has 0 aromatic carbocycles. The molecule has 0 aromatic rings. The molecule has 0 aromatic heterocycles. The second kappa shape index (κ2) is 3.81. The van der Waals surface area contributed by atoms with Gasteiger partial charge in [0.1, 0.15) is 12.0 Å². The number of rotatable bonds is 2. The van der Waals surface area contributed by atoms with Gasteiger partial charge >= 0.3 is 0 Å². The van der Waals surface area contributed by atoms with E-state index in [1.54, 1.807) is 6.92 Å². The Balaban J connectivity index is 2.22. The lowest BCUT2D eigenvalue weighted by Crippen LogP contribution is -2.37. The smallest absolute Gasteiger partial charge is 0.143 e. The Morgan fingerprint density at radius 3 is 2.55 bits per heavy atom. The molecule has 0 bridgehead atoms. The third-order valence-corrected chi connectivity index (χ3v) is 1.96. The first kappa shape index (κ1) is 8.65. The standard InChI is InChI=1S/C8H14FNO/c1-7(11)6-10-4-2-8(9)3-5-10/h8H,2-6H2,1H3. The highest BCUT2D eigenvalue weighted by molar-refractivity contribution is 5.77. The van der Waals surface area contributed by atoms with E-state index >= 15 is 0 Å². The molecular formula is C8H14FNO. The summed E-state index contributed by atoms with van der Waals surface area (Å²) in [4.78, 5) is 12.7. The van der Waals surface area contributed by atoms with Crippen molar-refractivity contribution in [3.05, 3.63) is 0 Å². The number of nitrogens with zero attached hydrogens (tertiary/aromatic N) is 1. The van der Waals surface area contributed by atoms with Crippen LogP contribution in [-0.4, -0.2) is 36.5 Å². The van der Waals surface area contributed by atoms with E-state index in [4.69, 9.17) is 0 Å². The Hall–Kier alpha value is -0.440. The summed E-state index contributed by atoms with van der Waals surface area (Å²) in [6.45, 7) is 3.54. The van der Waals surface area contributed by atoms with Crippen LogP contribution in [0.4, 0.5) is 4.39 Å². The lowest BCUT2D eigenvalue weighted by atomic mass is 10.1. The van der Waals surface area contributed by atoms with Gasteiger partial charge in [0, 0.05) is 13.1 Å². The fraction of sp³-hybridized carbons (Fsp3) is 0.875. The van der Waals surface area contributed by atoms with E-state index in [0.29, 0.717) is 19.4 Å². The van der Waals surface area contributed by atoms with E-state index in [-0.39, 0.29) is 5.78 Å². The summed E-state index contributed by atoms with van der Waals surface area (Å²) in [5.74, 6) is 0.169. The molecule has 1 aliphatic rings. The normalized spacial score (nSPS) is 22.0. The van der Waals surface area contributed by atoms with Gasteiger partial charge in [-0.15, -0.1) is 0 Å². The molecule has 0 radical (unpaired) electrons. The molecule has 2 nitrogen and oxygen atoms in total.